The van der Waals surface area contributed by atoms with Crippen molar-refractivity contribution >= 4 is 11.7 Å². The van der Waals surface area contributed by atoms with E-state index in [1.807, 2.05) is 39.0 Å². The number of benzene rings is 2. The van der Waals surface area contributed by atoms with Gasteiger partial charge in [0.15, 0.2) is 0 Å². The number of nitrogens with zero attached hydrogens (tertiary/aromatic N) is 2. The van der Waals surface area contributed by atoms with Gasteiger partial charge in [-0.3, -0.25) is 14.7 Å². The standard InChI is InChI=1S/C19H20N2O/c1-14-20-19(2,3)18(22)21(14)13-15-9-11-17(12-10-15)16-7-5-4-6-8-16/h4-12H,13H2,1-3H3. The smallest absolute Gasteiger partial charge is 0.255 e. The molecule has 0 fully saturated rings. The lowest BCUT2D eigenvalue weighted by molar-refractivity contribution is -0.130. The number of amides is 1. The van der Waals surface area contributed by atoms with Gasteiger partial charge in [-0.2, -0.15) is 0 Å². The summed E-state index contributed by atoms with van der Waals surface area (Å²) in [4.78, 5) is 18.5. The van der Waals surface area contributed by atoms with Crippen LogP contribution >= 0.6 is 0 Å². The number of aliphatic imine (C=N–C) groups is 1. The Hall–Kier alpha value is -2.42. The molecular formula is C19H20N2O. The molecule has 3 rings (SSSR count). The number of rotatable bonds is 3. The van der Waals surface area contributed by atoms with E-state index in [0.717, 1.165) is 11.4 Å². The Balaban J connectivity index is 1.78. The second-order valence-electron chi connectivity index (χ2n) is 6.17. The lowest BCUT2D eigenvalue weighted by Crippen LogP contribution is -2.38. The summed E-state index contributed by atoms with van der Waals surface area (Å²) in [5.74, 6) is 0.860. The summed E-state index contributed by atoms with van der Waals surface area (Å²) in [6.45, 7) is 6.19. The SMILES string of the molecule is CC1=NC(C)(C)C(=O)N1Cc1ccc(-c2ccccc2)cc1. The molecule has 3 heteroatoms. The Morgan fingerprint density at radius 2 is 1.55 bits per heavy atom. The van der Waals surface area contributed by atoms with Crippen LogP contribution in [0.2, 0.25) is 0 Å². The fourth-order valence-corrected chi connectivity index (χ4v) is 2.79. The molecule has 2 aromatic carbocycles. The molecule has 112 valence electrons. The minimum absolute atomic E-state index is 0.0668. The van der Waals surface area contributed by atoms with Crippen LogP contribution in [0.3, 0.4) is 0 Å². The van der Waals surface area contributed by atoms with E-state index in [1.165, 1.54) is 11.1 Å². The van der Waals surface area contributed by atoms with E-state index in [4.69, 9.17) is 0 Å². The molecule has 0 aromatic heterocycles. The second kappa shape index (κ2) is 5.41. The monoisotopic (exact) mass is 292 g/mol. The molecule has 22 heavy (non-hydrogen) atoms. The van der Waals surface area contributed by atoms with Crippen molar-refractivity contribution in [3.05, 3.63) is 60.2 Å². The Morgan fingerprint density at radius 3 is 2.09 bits per heavy atom. The van der Waals surface area contributed by atoms with Crippen LogP contribution in [0.5, 0.6) is 0 Å². The molecular weight excluding hydrogens is 272 g/mol. The highest BCUT2D eigenvalue weighted by molar-refractivity contribution is 6.06. The Kier molecular flexibility index (Phi) is 3.57. The Bertz CT molecular complexity index is 715. The van der Waals surface area contributed by atoms with Crippen LogP contribution in [-0.4, -0.2) is 22.2 Å². The number of hydrogen-bond donors (Lipinski definition) is 0. The van der Waals surface area contributed by atoms with Crippen molar-refractivity contribution in [1.82, 2.24) is 4.90 Å². The number of carbonyl (C=O) groups is 1. The maximum atomic E-state index is 12.3. The molecule has 1 aliphatic rings. The van der Waals surface area contributed by atoms with E-state index >= 15 is 0 Å². The zero-order chi connectivity index (χ0) is 15.7. The number of carbonyl (C=O) groups excluding carboxylic acids is 1. The summed E-state index contributed by atoms with van der Waals surface area (Å²) < 4.78 is 0. The minimum atomic E-state index is -0.631. The van der Waals surface area contributed by atoms with E-state index < -0.39 is 5.54 Å². The first kappa shape index (κ1) is 14.5. The van der Waals surface area contributed by atoms with E-state index in [1.54, 1.807) is 4.90 Å². The molecule has 0 radical (unpaired) electrons. The van der Waals surface area contributed by atoms with Crippen LogP contribution in [-0.2, 0) is 11.3 Å². The zero-order valence-electron chi connectivity index (χ0n) is 13.2. The van der Waals surface area contributed by atoms with Crippen molar-refractivity contribution in [1.29, 1.82) is 0 Å². The van der Waals surface area contributed by atoms with Gasteiger partial charge < -0.3 is 0 Å². The average molecular weight is 292 g/mol. The van der Waals surface area contributed by atoms with Gasteiger partial charge in [-0.1, -0.05) is 54.6 Å². The van der Waals surface area contributed by atoms with Crippen LogP contribution in [0.1, 0.15) is 26.3 Å². The molecule has 0 atom stereocenters. The third kappa shape index (κ3) is 2.67. The largest absolute Gasteiger partial charge is 0.294 e. The molecule has 1 aliphatic heterocycles. The topological polar surface area (TPSA) is 32.7 Å². The maximum absolute atomic E-state index is 12.3. The lowest BCUT2D eigenvalue weighted by Gasteiger charge is -2.19. The van der Waals surface area contributed by atoms with Crippen molar-refractivity contribution in [2.45, 2.75) is 32.9 Å². The van der Waals surface area contributed by atoms with Gasteiger partial charge >= 0.3 is 0 Å². The molecule has 0 saturated carbocycles. The molecule has 0 bridgehead atoms. The van der Waals surface area contributed by atoms with E-state index in [0.29, 0.717) is 6.54 Å². The van der Waals surface area contributed by atoms with Crippen LogP contribution in [0.4, 0.5) is 0 Å². The van der Waals surface area contributed by atoms with Gasteiger partial charge in [0.1, 0.15) is 11.4 Å². The molecule has 2 aromatic rings. The quantitative estimate of drug-likeness (QED) is 0.844. The first-order chi connectivity index (χ1) is 10.5. The lowest BCUT2D eigenvalue weighted by atomic mass is 10.0. The van der Waals surface area contributed by atoms with Crippen molar-refractivity contribution in [3.8, 4) is 11.1 Å². The van der Waals surface area contributed by atoms with Crippen molar-refractivity contribution in [2.75, 3.05) is 0 Å². The van der Waals surface area contributed by atoms with Crippen molar-refractivity contribution in [3.63, 3.8) is 0 Å². The summed E-state index contributed by atoms with van der Waals surface area (Å²) in [7, 11) is 0. The fourth-order valence-electron chi connectivity index (χ4n) is 2.79. The highest BCUT2D eigenvalue weighted by atomic mass is 16.2. The molecule has 0 N–H and O–H groups in total. The maximum Gasteiger partial charge on any atom is 0.255 e. The van der Waals surface area contributed by atoms with Crippen LogP contribution in [0, 0.1) is 0 Å². The normalized spacial score (nSPS) is 16.8. The van der Waals surface area contributed by atoms with E-state index in [2.05, 4.69) is 41.4 Å². The summed E-state index contributed by atoms with van der Waals surface area (Å²) in [6.07, 6.45) is 0. The minimum Gasteiger partial charge on any atom is -0.294 e. The van der Waals surface area contributed by atoms with Crippen molar-refractivity contribution in [2.24, 2.45) is 4.99 Å². The fraction of sp³-hybridized carbons (Fsp3) is 0.263. The third-order valence-electron chi connectivity index (χ3n) is 4.00. The molecule has 1 heterocycles. The summed E-state index contributed by atoms with van der Waals surface area (Å²) in [5.41, 5.74) is 2.86. The average Bonchev–Trinajstić information content (AvgIpc) is 2.71. The molecule has 3 nitrogen and oxygen atoms in total. The highest BCUT2D eigenvalue weighted by Gasteiger charge is 2.38. The summed E-state index contributed by atoms with van der Waals surface area (Å²) in [6, 6.07) is 18.6. The molecule has 0 aliphatic carbocycles. The van der Waals surface area contributed by atoms with Gasteiger partial charge in [0.2, 0.25) is 0 Å². The van der Waals surface area contributed by atoms with Crippen molar-refractivity contribution < 1.29 is 4.79 Å². The number of hydrogen-bond acceptors (Lipinski definition) is 2. The highest BCUT2D eigenvalue weighted by Crippen LogP contribution is 2.25. The third-order valence-corrected chi connectivity index (χ3v) is 4.00. The molecule has 1 amide bonds. The first-order valence-electron chi connectivity index (χ1n) is 7.50. The van der Waals surface area contributed by atoms with Gasteiger partial charge in [-0.15, -0.1) is 0 Å². The zero-order valence-corrected chi connectivity index (χ0v) is 13.2. The Labute approximate surface area is 131 Å². The van der Waals surface area contributed by atoms with Gasteiger partial charge in [0.05, 0.1) is 6.54 Å². The van der Waals surface area contributed by atoms with Gasteiger partial charge in [0.25, 0.3) is 5.91 Å². The van der Waals surface area contributed by atoms with E-state index in [-0.39, 0.29) is 5.91 Å². The molecule has 0 unspecified atom stereocenters. The molecule has 0 spiro atoms. The molecule has 0 saturated heterocycles. The Morgan fingerprint density at radius 1 is 0.955 bits per heavy atom. The predicted octanol–water partition coefficient (Wildman–Crippen LogP) is 3.89. The van der Waals surface area contributed by atoms with Gasteiger partial charge in [-0.25, -0.2) is 0 Å². The number of amidine groups is 1. The summed E-state index contributed by atoms with van der Waals surface area (Å²) in [5, 5.41) is 0. The second-order valence-corrected chi connectivity index (χ2v) is 6.17. The predicted molar refractivity (Wildman–Crippen MR) is 89.6 cm³/mol. The van der Waals surface area contributed by atoms with E-state index in [9.17, 15) is 4.79 Å². The van der Waals surface area contributed by atoms with Gasteiger partial charge in [0, 0.05) is 0 Å². The first-order valence-corrected chi connectivity index (χ1v) is 7.50. The van der Waals surface area contributed by atoms with Gasteiger partial charge in [-0.05, 0) is 37.5 Å². The van der Waals surface area contributed by atoms with Crippen LogP contribution in [0.25, 0.3) is 11.1 Å². The van der Waals surface area contributed by atoms with Crippen LogP contribution in [0.15, 0.2) is 59.6 Å². The summed E-state index contributed by atoms with van der Waals surface area (Å²) >= 11 is 0. The van der Waals surface area contributed by atoms with Crippen LogP contribution < -0.4 is 0 Å².